The van der Waals surface area contributed by atoms with Crippen LogP contribution in [-0.2, 0) is 22.6 Å². The normalized spacial score (nSPS) is 20.7. The number of methoxy groups -OCH3 is 1. The van der Waals surface area contributed by atoms with Crippen molar-refractivity contribution in [2.75, 3.05) is 20.2 Å². The van der Waals surface area contributed by atoms with E-state index in [1.165, 1.54) is 0 Å². The number of carbonyl (C=O) groups excluding carboxylic acids is 1. The van der Waals surface area contributed by atoms with Gasteiger partial charge in [-0.25, -0.2) is 4.79 Å². The van der Waals surface area contributed by atoms with Crippen LogP contribution < -0.4 is 5.32 Å². The lowest BCUT2D eigenvalue weighted by Gasteiger charge is -2.41. The first-order valence-corrected chi connectivity index (χ1v) is 7.67. The second kappa shape index (κ2) is 7.11. The van der Waals surface area contributed by atoms with E-state index in [0.717, 1.165) is 11.1 Å². The molecule has 0 aliphatic carbocycles. The van der Waals surface area contributed by atoms with Gasteiger partial charge >= 0.3 is 6.03 Å². The average molecular weight is 306 g/mol. The van der Waals surface area contributed by atoms with Gasteiger partial charge in [0.25, 0.3) is 0 Å². The number of nitrogens with one attached hydrogen (secondary N) is 1. The molecule has 2 rings (SSSR count). The summed E-state index contributed by atoms with van der Waals surface area (Å²) in [5.74, 6) is 0. The zero-order valence-electron chi connectivity index (χ0n) is 13.9. The monoisotopic (exact) mass is 306 g/mol. The van der Waals surface area contributed by atoms with Crippen molar-refractivity contribution >= 4 is 6.03 Å². The summed E-state index contributed by atoms with van der Waals surface area (Å²) in [5.41, 5.74) is 1.88. The van der Waals surface area contributed by atoms with E-state index in [-0.39, 0.29) is 17.7 Å². The highest BCUT2D eigenvalue weighted by atomic mass is 16.5. The number of hydrogen-bond acceptors (Lipinski definition) is 3. The van der Waals surface area contributed by atoms with Crippen molar-refractivity contribution in [1.29, 1.82) is 0 Å². The van der Waals surface area contributed by atoms with Crippen LogP contribution in [0.4, 0.5) is 4.79 Å². The molecule has 0 radical (unpaired) electrons. The van der Waals surface area contributed by atoms with E-state index in [1.807, 2.05) is 49.9 Å². The number of morpholine rings is 1. The number of hydrogen-bond donors (Lipinski definition) is 1. The molecule has 1 aliphatic rings. The molecule has 0 aromatic heterocycles. The molecule has 1 heterocycles. The largest absolute Gasteiger partial charge is 0.380 e. The minimum absolute atomic E-state index is 0.0459. The van der Waals surface area contributed by atoms with Crippen LogP contribution >= 0.6 is 0 Å². The Kier molecular flexibility index (Phi) is 5.42. The summed E-state index contributed by atoms with van der Waals surface area (Å²) < 4.78 is 11.0. The molecule has 2 amide bonds. The van der Waals surface area contributed by atoms with E-state index < -0.39 is 0 Å². The SMILES string of the molecule is COCc1ccccc1CNC(=O)N1C[C@@H](C)OC(C)(C)C1. The van der Waals surface area contributed by atoms with E-state index in [4.69, 9.17) is 9.47 Å². The molecule has 0 spiro atoms. The summed E-state index contributed by atoms with van der Waals surface area (Å²) in [6.07, 6.45) is 0.0512. The number of urea groups is 1. The Hall–Kier alpha value is -1.59. The Bertz CT molecular complexity index is 516. The molecule has 0 unspecified atom stereocenters. The van der Waals surface area contributed by atoms with E-state index in [9.17, 15) is 4.79 Å². The summed E-state index contributed by atoms with van der Waals surface area (Å²) in [7, 11) is 1.67. The number of carbonyl (C=O) groups is 1. The van der Waals surface area contributed by atoms with Crippen molar-refractivity contribution in [2.24, 2.45) is 0 Å². The first-order chi connectivity index (χ1) is 10.4. The van der Waals surface area contributed by atoms with Gasteiger partial charge in [-0.2, -0.15) is 0 Å². The van der Waals surface area contributed by atoms with Gasteiger partial charge in [0.1, 0.15) is 0 Å². The highest BCUT2D eigenvalue weighted by Crippen LogP contribution is 2.20. The second-order valence-corrected chi connectivity index (χ2v) is 6.43. The molecular weight excluding hydrogens is 280 g/mol. The minimum atomic E-state index is -0.303. The maximum atomic E-state index is 12.4. The lowest BCUT2D eigenvalue weighted by Crippen LogP contribution is -2.56. The predicted octanol–water partition coefficient (Wildman–Crippen LogP) is 2.54. The van der Waals surface area contributed by atoms with Crippen LogP contribution in [0, 0.1) is 0 Å². The van der Waals surface area contributed by atoms with Gasteiger partial charge < -0.3 is 19.7 Å². The standard InChI is InChI=1S/C17H26N2O3/c1-13-10-19(12-17(2,3)22-13)16(20)18-9-14-7-5-6-8-15(14)11-21-4/h5-8,13H,9-12H2,1-4H3,(H,18,20)/t13-/m1/s1. The van der Waals surface area contributed by atoms with Crippen LogP contribution in [0.15, 0.2) is 24.3 Å². The third-order valence-corrected chi connectivity index (χ3v) is 3.70. The molecule has 1 atom stereocenters. The molecule has 5 nitrogen and oxygen atoms in total. The molecule has 0 saturated carbocycles. The second-order valence-electron chi connectivity index (χ2n) is 6.43. The van der Waals surface area contributed by atoms with Crippen molar-refractivity contribution in [3.8, 4) is 0 Å². The molecule has 1 aromatic carbocycles. The van der Waals surface area contributed by atoms with E-state index in [0.29, 0.717) is 26.2 Å². The Morgan fingerprint density at radius 2 is 2.09 bits per heavy atom. The number of ether oxygens (including phenoxy) is 2. The van der Waals surface area contributed by atoms with Crippen molar-refractivity contribution in [1.82, 2.24) is 10.2 Å². The topological polar surface area (TPSA) is 50.8 Å². The molecule has 122 valence electrons. The third-order valence-electron chi connectivity index (χ3n) is 3.70. The smallest absolute Gasteiger partial charge is 0.317 e. The fourth-order valence-electron chi connectivity index (χ4n) is 2.92. The van der Waals surface area contributed by atoms with Gasteiger partial charge in [-0.3, -0.25) is 0 Å². The van der Waals surface area contributed by atoms with Gasteiger partial charge in [0, 0.05) is 20.2 Å². The van der Waals surface area contributed by atoms with E-state index >= 15 is 0 Å². The van der Waals surface area contributed by atoms with Crippen LogP contribution in [0.25, 0.3) is 0 Å². The molecule has 5 heteroatoms. The number of benzene rings is 1. The molecule has 1 N–H and O–H groups in total. The Morgan fingerprint density at radius 1 is 1.41 bits per heavy atom. The van der Waals surface area contributed by atoms with Crippen LogP contribution in [-0.4, -0.2) is 42.8 Å². The minimum Gasteiger partial charge on any atom is -0.380 e. The lowest BCUT2D eigenvalue weighted by molar-refractivity contribution is -0.117. The summed E-state index contributed by atoms with van der Waals surface area (Å²) in [6.45, 7) is 8.29. The Labute approximate surface area is 132 Å². The van der Waals surface area contributed by atoms with Gasteiger partial charge in [0.05, 0.1) is 24.9 Å². The van der Waals surface area contributed by atoms with Crippen molar-refractivity contribution < 1.29 is 14.3 Å². The average Bonchev–Trinajstić information content (AvgIpc) is 2.44. The van der Waals surface area contributed by atoms with Gasteiger partial charge in [-0.15, -0.1) is 0 Å². The predicted molar refractivity (Wildman–Crippen MR) is 85.6 cm³/mol. The van der Waals surface area contributed by atoms with E-state index in [1.54, 1.807) is 7.11 Å². The fourth-order valence-corrected chi connectivity index (χ4v) is 2.92. The van der Waals surface area contributed by atoms with Gasteiger partial charge in [0.2, 0.25) is 0 Å². The molecule has 1 fully saturated rings. The maximum absolute atomic E-state index is 12.4. The van der Waals surface area contributed by atoms with Gasteiger partial charge in [-0.1, -0.05) is 24.3 Å². The van der Waals surface area contributed by atoms with Gasteiger partial charge in [-0.05, 0) is 31.9 Å². The zero-order valence-corrected chi connectivity index (χ0v) is 13.9. The first-order valence-electron chi connectivity index (χ1n) is 7.67. The van der Waals surface area contributed by atoms with Gasteiger partial charge in [0.15, 0.2) is 0 Å². The van der Waals surface area contributed by atoms with Crippen LogP contribution in [0.2, 0.25) is 0 Å². The fraction of sp³-hybridized carbons (Fsp3) is 0.588. The third kappa shape index (κ3) is 4.45. The molecular formula is C17H26N2O3. The number of amides is 2. The Balaban J connectivity index is 1.95. The summed E-state index contributed by atoms with van der Waals surface area (Å²) in [5, 5.41) is 3.00. The van der Waals surface area contributed by atoms with Crippen LogP contribution in [0.1, 0.15) is 31.9 Å². The highest BCUT2D eigenvalue weighted by molar-refractivity contribution is 5.74. The lowest BCUT2D eigenvalue weighted by atomic mass is 10.1. The molecule has 1 aliphatic heterocycles. The summed E-state index contributed by atoms with van der Waals surface area (Å²) in [6, 6.07) is 7.94. The van der Waals surface area contributed by atoms with Crippen molar-refractivity contribution in [3.63, 3.8) is 0 Å². The van der Waals surface area contributed by atoms with E-state index in [2.05, 4.69) is 5.32 Å². The molecule has 1 aromatic rings. The van der Waals surface area contributed by atoms with Crippen LogP contribution in [0.3, 0.4) is 0 Å². The van der Waals surface area contributed by atoms with Crippen molar-refractivity contribution in [2.45, 2.75) is 45.6 Å². The molecule has 1 saturated heterocycles. The molecule has 0 bridgehead atoms. The first kappa shape index (κ1) is 16.8. The van der Waals surface area contributed by atoms with Crippen LogP contribution in [0.5, 0.6) is 0 Å². The number of nitrogens with zero attached hydrogens (tertiary/aromatic N) is 1. The summed E-state index contributed by atoms with van der Waals surface area (Å²) in [4.78, 5) is 14.2. The Morgan fingerprint density at radius 3 is 2.73 bits per heavy atom. The highest BCUT2D eigenvalue weighted by Gasteiger charge is 2.33. The van der Waals surface area contributed by atoms with Crippen molar-refractivity contribution in [3.05, 3.63) is 35.4 Å². The summed E-state index contributed by atoms with van der Waals surface area (Å²) >= 11 is 0. The maximum Gasteiger partial charge on any atom is 0.317 e. The number of rotatable bonds is 4. The zero-order chi connectivity index (χ0) is 16.2. The molecule has 22 heavy (non-hydrogen) atoms. The quantitative estimate of drug-likeness (QED) is 0.930.